The van der Waals surface area contributed by atoms with Crippen LogP contribution in [0.2, 0.25) is 0 Å². The monoisotopic (exact) mass is 1730 g/mol. The molecule has 0 aliphatic rings. The Labute approximate surface area is 738 Å². The quantitative estimate of drug-likeness (QED) is 0.0146. The third kappa shape index (κ3) is 95.2. The fourth-order valence-electron chi connectivity index (χ4n) is 12.9. The van der Waals surface area contributed by atoms with Crippen molar-refractivity contribution < 1.29 is 75.8 Å². The molecular formula is C103H174O16P2. The largest absolute Gasteiger partial charge is 0.472 e. The summed E-state index contributed by atoms with van der Waals surface area (Å²) in [6.07, 6.45) is 124. The van der Waals surface area contributed by atoms with Crippen LogP contribution in [0.4, 0.5) is 0 Å². The first-order valence-corrected chi connectivity index (χ1v) is 51.1. The highest BCUT2D eigenvalue weighted by Crippen LogP contribution is 2.45. The van der Waals surface area contributed by atoms with E-state index < -0.39 is 91.5 Å². The van der Waals surface area contributed by atoms with Crippen LogP contribution in [0.15, 0.2) is 182 Å². The minimum Gasteiger partial charge on any atom is -0.463 e. The van der Waals surface area contributed by atoms with E-state index in [1.165, 1.54) is 161 Å². The smallest absolute Gasteiger partial charge is 0.463 e. The summed E-state index contributed by atoms with van der Waals surface area (Å²) >= 11 is 0. The van der Waals surface area contributed by atoms with E-state index in [4.69, 9.17) is 32.3 Å². The molecule has 0 rings (SSSR count). The second-order valence-electron chi connectivity index (χ2n) is 31.8. The van der Waals surface area contributed by atoms with Gasteiger partial charge in [-0.15, -0.1) is 0 Å². The maximum absolute atomic E-state index is 13.1. The highest BCUT2D eigenvalue weighted by Gasteiger charge is 2.30. The van der Waals surface area contributed by atoms with Crippen LogP contribution >= 0.6 is 15.6 Å². The predicted octanol–water partition coefficient (Wildman–Crippen LogP) is 30.0. The van der Waals surface area contributed by atoms with Gasteiger partial charge in [-0.05, 0) is 161 Å². The minimum atomic E-state index is -4.95. The van der Waals surface area contributed by atoms with Gasteiger partial charge in [0, 0.05) is 19.3 Å². The lowest BCUT2D eigenvalue weighted by molar-refractivity contribution is -0.161. The number of ether oxygens (including phenoxy) is 3. The topological polar surface area (TPSA) is 231 Å². The van der Waals surface area contributed by atoms with Gasteiger partial charge in [-0.3, -0.25) is 32.5 Å². The van der Waals surface area contributed by atoms with Crippen molar-refractivity contribution in [2.75, 3.05) is 39.6 Å². The molecular weight excluding hydrogens is 1560 g/mol. The number of aliphatic hydroxyl groups is 2. The van der Waals surface area contributed by atoms with Crippen LogP contribution in [0.3, 0.4) is 0 Å². The molecule has 0 aliphatic heterocycles. The first-order chi connectivity index (χ1) is 59.2. The van der Waals surface area contributed by atoms with Crippen molar-refractivity contribution in [3.63, 3.8) is 0 Å². The lowest BCUT2D eigenvalue weighted by Crippen LogP contribution is -2.30. The van der Waals surface area contributed by atoms with Gasteiger partial charge < -0.3 is 34.2 Å². The van der Waals surface area contributed by atoms with E-state index in [0.717, 1.165) is 173 Å². The third-order valence-corrected chi connectivity index (χ3v) is 22.0. The summed E-state index contributed by atoms with van der Waals surface area (Å²) in [7, 11) is -9.82. The number of phosphoric ester groups is 2. The number of hydrogen-bond donors (Lipinski definition) is 4. The van der Waals surface area contributed by atoms with E-state index in [1.807, 2.05) is 0 Å². The van der Waals surface area contributed by atoms with E-state index in [0.29, 0.717) is 19.3 Å². The van der Waals surface area contributed by atoms with Gasteiger partial charge in [0.05, 0.1) is 26.4 Å². The molecule has 0 saturated heterocycles. The molecule has 0 aliphatic carbocycles. The molecule has 0 fully saturated rings. The predicted molar refractivity (Wildman–Crippen MR) is 509 cm³/mol. The van der Waals surface area contributed by atoms with Crippen LogP contribution in [0.1, 0.15) is 393 Å². The van der Waals surface area contributed by atoms with Crippen LogP contribution in [0.25, 0.3) is 0 Å². The Morgan fingerprint density at radius 1 is 0.240 bits per heavy atom. The van der Waals surface area contributed by atoms with Crippen molar-refractivity contribution in [1.29, 1.82) is 0 Å². The van der Waals surface area contributed by atoms with Crippen LogP contribution in [-0.2, 0) is 55.8 Å². The number of aliphatic hydroxyl groups excluding tert-OH is 2. The number of hydrogen-bond acceptors (Lipinski definition) is 14. The van der Waals surface area contributed by atoms with Gasteiger partial charge in [0.2, 0.25) is 0 Å². The summed E-state index contributed by atoms with van der Waals surface area (Å²) in [5.74, 6) is -1.58. The van der Waals surface area contributed by atoms with Gasteiger partial charge in [-0.25, -0.2) is 9.13 Å². The van der Waals surface area contributed by atoms with E-state index in [2.05, 4.69) is 203 Å². The highest BCUT2D eigenvalue weighted by molar-refractivity contribution is 7.47. The lowest BCUT2D eigenvalue weighted by Gasteiger charge is -2.21. The van der Waals surface area contributed by atoms with Crippen molar-refractivity contribution >= 4 is 33.6 Å². The summed E-state index contributed by atoms with van der Waals surface area (Å²) in [5.41, 5.74) is 0. The van der Waals surface area contributed by atoms with Gasteiger partial charge in [-0.2, -0.15) is 0 Å². The molecule has 0 radical (unpaired) electrons. The molecule has 16 nitrogen and oxygen atoms in total. The number of carbonyl (C=O) groups excluding carboxylic acids is 3. The average molecular weight is 1730 g/mol. The summed E-state index contributed by atoms with van der Waals surface area (Å²) in [5, 5.41) is 20.8. The Morgan fingerprint density at radius 2 is 0.438 bits per heavy atom. The summed E-state index contributed by atoms with van der Waals surface area (Å²) in [6, 6.07) is 0. The lowest BCUT2D eigenvalue weighted by atomic mass is 10.0. The Morgan fingerprint density at radius 3 is 0.694 bits per heavy atom. The molecule has 0 heterocycles. The van der Waals surface area contributed by atoms with E-state index in [1.54, 1.807) is 0 Å². The Balaban J connectivity index is 4.58. The second kappa shape index (κ2) is 93.8. The number of phosphoric acid groups is 2. The summed E-state index contributed by atoms with van der Waals surface area (Å²) < 4.78 is 61.6. The number of unbranched alkanes of at least 4 members (excludes halogenated alkanes) is 37. The Bertz CT molecular complexity index is 2930. The van der Waals surface area contributed by atoms with Gasteiger partial charge in [0.25, 0.3) is 0 Å². The van der Waals surface area contributed by atoms with Crippen LogP contribution in [-0.4, -0.2) is 95.9 Å². The van der Waals surface area contributed by atoms with Crippen molar-refractivity contribution in [3.8, 4) is 0 Å². The van der Waals surface area contributed by atoms with Crippen molar-refractivity contribution in [2.24, 2.45) is 0 Å². The fraction of sp³-hybridized carbons (Fsp3) is 0.680. The van der Waals surface area contributed by atoms with Crippen molar-refractivity contribution in [1.82, 2.24) is 0 Å². The Hall–Kier alpha value is -5.35. The van der Waals surface area contributed by atoms with Crippen LogP contribution < -0.4 is 0 Å². The van der Waals surface area contributed by atoms with Gasteiger partial charge >= 0.3 is 33.6 Å². The molecule has 0 bridgehead atoms. The normalized spacial score (nSPS) is 14.5. The molecule has 121 heavy (non-hydrogen) atoms. The SMILES string of the molecule is CC/C=C\C/C=C\C/C=C\C/C=C\C/C=C\C/C=C\CCCCCCCCCCCCCCCCCCC(=O)OCC(O)COP(=O)(O)OCC(O)COP(=O)(O)OCC(COC(=O)CCCCCCCCCCC/C=C\C/C=C\C/C=C\C/C=C\C/C=C\CC)OC(=O)CCCCCCCCCCC/C=C\C/C=C\C/C=C\C/C=C\CCCCC. The minimum absolute atomic E-state index is 0.0915. The molecule has 5 unspecified atom stereocenters. The van der Waals surface area contributed by atoms with Crippen molar-refractivity contribution in [3.05, 3.63) is 182 Å². The number of esters is 3. The molecule has 0 aromatic carbocycles. The average Bonchev–Trinajstić information content (AvgIpc) is 0.901. The molecule has 692 valence electrons. The zero-order valence-corrected chi connectivity index (χ0v) is 78.2. The number of allylic oxidation sites excluding steroid dienone is 30. The molecule has 5 atom stereocenters. The van der Waals surface area contributed by atoms with Gasteiger partial charge in [0.15, 0.2) is 6.10 Å². The standard InChI is InChI=1S/C103H174O16P2/c1-4-7-10-13-16-19-22-25-28-31-34-37-40-43-44-45-46-47-48-49-50-51-52-55-57-59-62-65-68-71-74-77-80-83-86-89-101(106)113-92-98(104)93-115-120(109,110)116-94-99(105)95-117-121(111,112)118-97-100(119-103(108)91-88-85-82-79-76-73-70-67-64-61-58-54-42-39-36-33-30-27-24-21-18-15-12-9-6-3)96-114-102(107)90-87-84-81-78-75-72-69-66-63-60-56-53-41-38-35-32-29-26-23-20-17-14-11-8-5-2/h7-8,10-11,16-21,25-30,34-39,43-44,46-47,53-54,56,58,98-100,104-105H,4-6,9,12-15,22-24,31-33,40-42,45,48-52,55,57,59-97H2,1-3H3,(H,109,110)(H,111,112)/b10-7-,11-8-,19-16-,20-17-,21-18-,28-25-,29-26-,30-27-,37-34-,38-35-,39-36-,44-43-,47-46-,56-53-,58-54-. The first-order valence-electron chi connectivity index (χ1n) is 48.1. The van der Waals surface area contributed by atoms with E-state index in [9.17, 15) is 43.5 Å². The number of rotatable bonds is 90. The molecule has 0 saturated carbocycles. The maximum atomic E-state index is 13.1. The molecule has 0 amide bonds. The zero-order chi connectivity index (χ0) is 87.9. The van der Waals surface area contributed by atoms with Crippen molar-refractivity contribution in [2.45, 2.75) is 411 Å². The molecule has 0 aromatic rings. The van der Waals surface area contributed by atoms with Gasteiger partial charge in [0.1, 0.15) is 25.4 Å². The highest BCUT2D eigenvalue weighted by atomic mass is 31.2. The molecule has 0 aromatic heterocycles. The molecule has 0 spiro atoms. The summed E-state index contributed by atoms with van der Waals surface area (Å²) in [6.45, 7) is 2.46. The van der Waals surface area contributed by atoms with Crippen LogP contribution in [0, 0.1) is 0 Å². The fourth-order valence-corrected chi connectivity index (χ4v) is 14.5. The zero-order valence-electron chi connectivity index (χ0n) is 76.4. The van der Waals surface area contributed by atoms with Crippen LogP contribution in [0.5, 0.6) is 0 Å². The summed E-state index contributed by atoms with van der Waals surface area (Å²) in [4.78, 5) is 59.1. The van der Waals surface area contributed by atoms with E-state index in [-0.39, 0.29) is 19.3 Å². The molecule has 18 heteroatoms. The number of carbonyl (C=O) groups is 3. The maximum Gasteiger partial charge on any atom is 0.472 e. The Kier molecular flexibility index (Phi) is 89.6. The third-order valence-electron chi connectivity index (χ3n) is 20.1. The second-order valence-corrected chi connectivity index (χ2v) is 34.7. The first kappa shape index (κ1) is 116. The molecule has 4 N–H and O–H groups in total. The van der Waals surface area contributed by atoms with Gasteiger partial charge in [-0.1, -0.05) is 396 Å². The van der Waals surface area contributed by atoms with E-state index >= 15 is 0 Å².